The number of piperidine rings is 2. The van der Waals surface area contributed by atoms with E-state index in [1.165, 1.54) is 14.2 Å². The Morgan fingerprint density at radius 1 is 0.641 bits per heavy atom. The van der Waals surface area contributed by atoms with E-state index in [1.807, 2.05) is 58.3 Å². The number of hydrogen-bond acceptors (Lipinski definition) is 10. The Bertz CT molecular complexity index is 2230. The van der Waals surface area contributed by atoms with Gasteiger partial charge in [0.1, 0.15) is 45.4 Å². The number of amides is 4. The number of carbonyl (C=O) groups is 4. The first-order valence-electron chi connectivity index (χ1n) is 22.3. The fourth-order valence-electron chi connectivity index (χ4n) is 10.6. The number of imidazole rings is 2. The van der Waals surface area contributed by atoms with Crippen LogP contribution in [0.5, 0.6) is 0 Å². The van der Waals surface area contributed by atoms with Gasteiger partial charge in [0.15, 0.2) is 0 Å². The van der Waals surface area contributed by atoms with E-state index in [-0.39, 0.29) is 47.8 Å². The second-order valence-corrected chi connectivity index (χ2v) is 18.8. The summed E-state index contributed by atoms with van der Waals surface area (Å²) < 4.78 is 21.2. The van der Waals surface area contributed by atoms with Crippen LogP contribution in [0.25, 0.3) is 33.6 Å². The van der Waals surface area contributed by atoms with Crippen molar-refractivity contribution in [2.75, 3.05) is 40.6 Å². The maximum Gasteiger partial charge on any atom is 0.407 e. The molecule has 0 unspecified atom stereocenters. The summed E-state index contributed by atoms with van der Waals surface area (Å²) in [5.74, 6) is 1.38. The number of benzene rings is 2. The smallest absolute Gasteiger partial charge is 0.407 e. The first-order valence-corrected chi connectivity index (χ1v) is 23.1. The van der Waals surface area contributed by atoms with Crippen LogP contribution < -0.4 is 10.6 Å². The van der Waals surface area contributed by atoms with Crippen molar-refractivity contribution >= 4 is 47.2 Å². The molecule has 2 aliphatic carbocycles. The number of halogens is 2. The van der Waals surface area contributed by atoms with Gasteiger partial charge in [0.2, 0.25) is 11.8 Å². The van der Waals surface area contributed by atoms with Gasteiger partial charge in [-0.3, -0.25) is 9.59 Å². The molecule has 6 aliphatic rings. The number of nitrogens with zero attached hydrogens (tertiary/aromatic N) is 4. The summed E-state index contributed by atoms with van der Waals surface area (Å²) in [6.45, 7) is 2.07. The number of nitrogens with one attached hydrogen (secondary N) is 4. The third kappa shape index (κ3) is 8.22. The normalized spacial score (nSPS) is 27.8. The lowest BCUT2D eigenvalue weighted by molar-refractivity contribution is -0.139. The molecule has 6 heterocycles. The van der Waals surface area contributed by atoms with Gasteiger partial charge in [-0.25, -0.2) is 19.6 Å². The fraction of sp³-hybridized carbons (Fsp3) is 0.522. The Morgan fingerprint density at radius 3 is 1.39 bits per heavy atom. The van der Waals surface area contributed by atoms with Crippen molar-refractivity contribution in [3.05, 3.63) is 70.5 Å². The van der Waals surface area contributed by atoms with Crippen molar-refractivity contribution in [3.63, 3.8) is 0 Å². The molecule has 0 radical (unpaired) electrons. The number of hydrogen-bond donors (Lipinski definition) is 4. The largest absolute Gasteiger partial charge is 0.453 e. The van der Waals surface area contributed by atoms with E-state index in [0.29, 0.717) is 71.6 Å². The molecule has 2 saturated carbocycles. The van der Waals surface area contributed by atoms with Crippen molar-refractivity contribution in [3.8, 4) is 33.6 Å². The Labute approximate surface area is 380 Å². The Kier molecular flexibility index (Phi) is 11.8. The van der Waals surface area contributed by atoms with Crippen LogP contribution in [0.3, 0.4) is 0 Å². The zero-order chi connectivity index (χ0) is 44.2. The summed E-state index contributed by atoms with van der Waals surface area (Å²) >= 11 is 13.6. The van der Waals surface area contributed by atoms with E-state index in [1.54, 1.807) is 0 Å². The van der Waals surface area contributed by atoms with E-state index in [4.69, 9.17) is 52.1 Å². The molecule has 4 aliphatic heterocycles. The quantitative estimate of drug-likeness (QED) is 0.121. The van der Waals surface area contributed by atoms with Crippen molar-refractivity contribution in [1.82, 2.24) is 40.4 Å². The monoisotopic (exact) mass is 914 g/mol. The van der Waals surface area contributed by atoms with Crippen LogP contribution in [-0.2, 0) is 28.5 Å². The number of aromatic nitrogens is 4. The standard InChI is InChI=1S/C46H52Cl2N8O8/c1-61-45(59)51-37(27-5-3-15-63-21-27)43(57)55-31-17-29(31)19-33(55)41-49-35(39(47)53-41)25-11-7-23(8-12-25)24-9-13-26(14-10-24)36-40(48)54-42(50-36)34-20-30-18-32(30)56(34)44(58)38(52-46(60)62-2)28-6-4-16-64-22-28/h7-14,27-34,37-38H,3-6,15-22H2,1-2H3,(H,49,53)(H,50,54)(H,51,59)(H,52,60)/t27-,28-,29-,30-,31-,32-,33+,34+,37+,38+/m1/s1. The maximum absolute atomic E-state index is 14.3. The summed E-state index contributed by atoms with van der Waals surface area (Å²) in [4.78, 5) is 73.5. The van der Waals surface area contributed by atoms with Crippen LogP contribution in [0.15, 0.2) is 48.5 Å². The molecule has 4 N–H and O–H groups in total. The molecule has 2 aromatic heterocycles. The number of likely N-dealkylation sites (tertiary alicyclic amines) is 2. The number of alkyl carbamates (subject to hydrolysis) is 2. The predicted octanol–water partition coefficient (Wildman–Crippen LogP) is 7.07. The highest BCUT2D eigenvalue weighted by Crippen LogP contribution is 2.55. The molecule has 0 bridgehead atoms. The van der Waals surface area contributed by atoms with E-state index >= 15 is 0 Å². The van der Waals surface area contributed by atoms with E-state index in [0.717, 1.165) is 73.6 Å². The maximum atomic E-state index is 14.3. The van der Waals surface area contributed by atoms with Gasteiger partial charge in [0.25, 0.3) is 0 Å². The Balaban J connectivity index is 0.829. The molecule has 4 amide bonds. The summed E-state index contributed by atoms with van der Waals surface area (Å²) in [6, 6.07) is 14.0. The molecule has 16 nitrogen and oxygen atoms in total. The van der Waals surface area contributed by atoms with Crippen LogP contribution in [0.4, 0.5) is 9.59 Å². The van der Waals surface area contributed by atoms with E-state index in [9.17, 15) is 19.2 Å². The minimum absolute atomic E-state index is 0.0881. The van der Waals surface area contributed by atoms with Crippen LogP contribution in [-0.4, -0.2) is 119 Å². The Hall–Kier alpha value is -5.16. The van der Waals surface area contributed by atoms with Crippen LogP contribution in [0.1, 0.15) is 75.1 Å². The number of ether oxygens (including phenoxy) is 4. The van der Waals surface area contributed by atoms with Gasteiger partial charge < -0.3 is 49.3 Å². The van der Waals surface area contributed by atoms with Crippen LogP contribution in [0, 0.1) is 23.7 Å². The number of methoxy groups -OCH3 is 2. The molecular weight excluding hydrogens is 863 g/mol. The van der Waals surface area contributed by atoms with Crippen LogP contribution >= 0.6 is 23.2 Å². The number of aromatic amines is 2. The summed E-state index contributed by atoms with van der Waals surface area (Å²) in [5, 5.41) is 6.39. The van der Waals surface area contributed by atoms with Gasteiger partial charge in [-0.2, -0.15) is 0 Å². The van der Waals surface area contributed by atoms with Gasteiger partial charge in [-0.15, -0.1) is 0 Å². The van der Waals surface area contributed by atoms with Crippen LogP contribution in [0.2, 0.25) is 10.3 Å². The topological polar surface area (TPSA) is 193 Å². The Morgan fingerprint density at radius 2 is 1.03 bits per heavy atom. The molecule has 4 saturated heterocycles. The second kappa shape index (κ2) is 17.7. The van der Waals surface area contributed by atoms with Gasteiger partial charge in [0, 0.05) is 48.3 Å². The molecule has 64 heavy (non-hydrogen) atoms. The predicted molar refractivity (Wildman–Crippen MR) is 235 cm³/mol. The lowest BCUT2D eigenvalue weighted by Crippen LogP contribution is -2.54. The average Bonchev–Trinajstić information content (AvgIpc) is 4.04. The minimum atomic E-state index is -0.764. The molecule has 18 heteroatoms. The molecular formula is C46H52Cl2N8O8. The third-order valence-electron chi connectivity index (χ3n) is 14.1. The summed E-state index contributed by atoms with van der Waals surface area (Å²) in [5.41, 5.74) is 4.81. The average molecular weight is 916 g/mol. The molecule has 10 rings (SSSR count). The first-order chi connectivity index (χ1) is 31.1. The molecule has 0 spiro atoms. The molecule has 10 atom stereocenters. The fourth-order valence-corrected chi connectivity index (χ4v) is 11.1. The highest BCUT2D eigenvalue weighted by atomic mass is 35.5. The molecule has 4 aromatic rings. The number of carbonyl (C=O) groups excluding carboxylic acids is 4. The zero-order valence-electron chi connectivity index (χ0n) is 35.7. The lowest BCUT2D eigenvalue weighted by Gasteiger charge is -2.35. The summed E-state index contributed by atoms with van der Waals surface area (Å²) in [6.07, 6.45) is 5.26. The van der Waals surface area contributed by atoms with E-state index < -0.39 is 24.3 Å². The van der Waals surface area contributed by atoms with Gasteiger partial charge in [-0.05, 0) is 74.3 Å². The molecule has 2 aromatic carbocycles. The SMILES string of the molecule is COC(=O)N[C@H](C(=O)N1[C@@H]2C[C@@H]2C[C@H]1c1nc(-c2ccc(-c3ccc(-c4nc([C@@H]5C[C@H]6C[C@H]6N5C(=O)[C@@H](NC(=O)OC)[C@@H]5CCCOC5)[nH]c4Cl)cc3)cc2)c(Cl)[nH]1)[C@@H]1CCCOC1. The highest BCUT2D eigenvalue weighted by Gasteiger charge is 2.58. The highest BCUT2D eigenvalue weighted by molar-refractivity contribution is 6.32. The van der Waals surface area contributed by atoms with Gasteiger partial charge >= 0.3 is 12.2 Å². The second-order valence-electron chi connectivity index (χ2n) is 18.0. The first kappa shape index (κ1) is 42.8. The lowest BCUT2D eigenvalue weighted by atomic mass is 9.92. The van der Waals surface area contributed by atoms with E-state index in [2.05, 4.69) is 20.6 Å². The van der Waals surface area contributed by atoms with Gasteiger partial charge in [-0.1, -0.05) is 71.7 Å². The number of rotatable bonds is 11. The van der Waals surface area contributed by atoms with Gasteiger partial charge in [0.05, 0.1) is 39.5 Å². The van der Waals surface area contributed by atoms with Crippen molar-refractivity contribution < 1.29 is 38.1 Å². The van der Waals surface area contributed by atoms with Crippen molar-refractivity contribution in [1.29, 1.82) is 0 Å². The molecule has 6 fully saturated rings. The van der Waals surface area contributed by atoms with Crippen molar-refractivity contribution in [2.45, 2.75) is 87.6 Å². The summed E-state index contributed by atoms with van der Waals surface area (Å²) in [7, 11) is 2.59. The minimum Gasteiger partial charge on any atom is -0.453 e. The van der Waals surface area contributed by atoms with Crippen molar-refractivity contribution in [2.24, 2.45) is 23.7 Å². The third-order valence-corrected chi connectivity index (χ3v) is 14.7. The molecule has 338 valence electrons. The number of H-pyrrole nitrogens is 2. The zero-order valence-corrected chi connectivity index (χ0v) is 37.2. The number of fused-ring (bicyclic) bond motifs is 2.